The van der Waals surface area contributed by atoms with Gasteiger partial charge < -0.3 is 10.1 Å². The van der Waals surface area contributed by atoms with Crippen LogP contribution in [0.15, 0.2) is 41.1 Å². The van der Waals surface area contributed by atoms with Gasteiger partial charge in [0.05, 0.1) is 6.10 Å². The quantitative estimate of drug-likeness (QED) is 0.792. The van der Waals surface area contributed by atoms with Crippen molar-refractivity contribution in [2.24, 2.45) is 0 Å². The molecule has 2 aromatic rings. The van der Waals surface area contributed by atoms with Crippen LogP contribution in [0.5, 0.6) is 5.75 Å². The average molecular weight is 275 g/mol. The Morgan fingerprint density at radius 3 is 2.79 bits per heavy atom. The Bertz CT molecular complexity index is 495. The Kier molecular flexibility index (Phi) is 4.86. The first kappa shape index (κ1) is 13.9. The van der Waals surface area contributed by atoms with Crippen LogP contribution in [-0.4, -0.2) is 6.10 Å². The molecule has 2 unspecified atom stereocenters. The van der Waals surface area contributed by atoms with Crippen molar-refractivity contribution in [3.63, 3.8) is 0 Å². The summed E-state index contributed by atoms with van der Waals surface area (Å²) in [4.78, 5) is 0. The van der Waals surface area contributed by atoms with Crippen LogP contribution < -0.4 is 10.1 Å². The minimum absolute atomic E-state index is 0.254. The summed E-state index contributed by atoms with van der Waals surface area (Å²) in [7, 11) is 0. The molecule has 0 saturated heterocycles. The molecule has 0 saturated carbocycles. The van der Waals surface area contributed by atoms with Crippen LogP contribution in [-0.2, 0) is 0 Å². The minimum Gasteiger partial charge on any atom is -0.491 e. The van der Waals surface area contributed by atoms with Crippen molar-refractivity contribution in [3.8, 4) is 5.75 Å². The van der Waals surface area contributed by atoms with Gasteiger partial charge in [0.2, 0.25) is 0 Å². The molecule has 102 valence electrons. The van der Waals surface area contributed by atoms with E-state index in [0.29, 0.717) is 6.04 Å². The number of hydrogen-bond acceptors (Lipinski definition) is 3. The van der Waals surface area contributed by atoms with E-state index in [-0.39, 0.29) is 6.10 Å². The van der Waals surface area contributed by atoms with Gasteiger partial charge in [-0.25, -0.2) is 0 Å². The summed E-state index contributed by atoms with van der Waals surface area (Å²) in [6.45, 7) is 6.39. The van der Waals surface area contributed by atoms with Gasteiger partial charge in [0.25, 0.3) is 0 Å². The largest absolute Gasteiger partial charge is 0.491 e. The third-order valence-corrected chi connectivity index (χ3v) is 3.87. The van der Waals surface area contributed by atoms with E-state index in [0.717, 1.165) is 17.9 Å². The van der Waals surface area contributed by atoms with Gasteiger partial charge in [-0.2, -0.15) is 11.3 Å². The van der Waals surface area contributed by atoms with Crippen molar-refractivity contribution < 1.29 is 4.74 Å². The number of hydrogen-bond donors (Lipinski definition) is 1. The van der Waals surface area contributed by atoms with Gasteiger partial charge in [0.1, 0.15) is 5.75 Å². The fraction of sp³-hybridized carbons (Fsp3) is 0.375. The zero-order valence-electron chi connectivity index (χ0n) is 11.7. The molecule has 0 spiro atoms. The maximum atomic E-state index is 5.84. The lowest BCUT2D eigenvalue weighted by atomic mass is 10.1. The van der Waals surface area contributed by atoms with Crippen LogP contribution in [0.3, 0.4) is 0 Å². The number of nitrogens with one attached hydrogen (secondary N) is 1. The molecule has 0 aliphatic rings. The molecule has 0 fully saturated rings. The number of thiophene rings is 1. The summed E-state index contributed by atoms with van der Waals surface area (Å²) in [5.41, 5.74) is 2.41. The van der Waals surface area contributed by atoms with Gasteiger partial charge in [0.15, 0.2) is 0 Å². The monoisotopic (exact) mass is 275 g/mol. The molecule has 0 radical (unpaired) electrons. The lowest BCUT2D eigenvalue weighted by molar-refractivity contribution is 0.217. The maximum absolute atomic E-state index is 5.84. The Labute approximate surface area is 119 Å². The van der Waals surface area contributed by atoms with E-state index in [2.05, 4.69) is 55.0 Å². The van der Waals surface area contributed by atoms with Crippen molar-refractivity contribution >= 4 is 17.0 Å². The van der Waals surface area contributed by atoms with E-state index in [4.69, 9.17) is 4.74 Å². The molecule has 0 amide bonds. The zero-order chi connectivity index (χ0) is 13.7. The standard InChI is InChI=1S/C16H21NOS/c1-4-12(2)18-16-7-5-6-15(10-16)17-13(3)14-8-9-19-11-14/h5-13,17H,4H2,1-3H3. The number of rotatable bonds is 6. The molecular formula is C16H21NOS. The van der Waals surface area contributed by atoms with Crippen molar-refractivity contribution in [1.82, 2.24) is 0 Å². The van der Waals surface area contributed by atoms with Crippen molar-refractivity contribution in [2.45, 2.75) is 39.3 Å². The topological polar surface area (TPSA) is 21.3 Å². The van der Waals surface area contributed by atoms with E-state index in [1.165, 1.54) is 5.56 Å². The van der Waals surface area contributed by atoms with Crippen LogP contribution in [0.1, 0.15) is 38.8 Å². The van der Waals surface area contributed by atoms with Gasteiger partial charge in [0, 0.05) is 17.8 Å². The highest BCUT2D eigenvalue weighted by molar-refractivity contribution is 7.07. The first-order chi connectivity index (χ1) is 9.19. The molecule has 19 heavy (non-hydrogen) atoms. The van der Waals surface area contributed by atoms with Crippen LogP contribution >= 0.6 is 11.3 Å². The molecule has 0 aliphatic carbocycles. The lowest BCUT2D eigenvalue weighted by Gasteiger charge is -2.17. The van der Waals surface area contributed by atoms with E-state index < -0.39 is 0 Å². The van der Waals surface area contributed by atoms with Crippen LogP contribution in [0.4, 0.5) is 5.69 Å². The van der Waals surface area contributed by atoms with Crippen molar-refractivity contribution in [2.75, 3.05) is 5.32 Å². The molecule has 0 aliphatic heterocycles. The van der Waals surface area contributed by atoms with Gasteiger partial charge in [-0.15, -0.1) is 0 Å². The van der Waals surface area contributed by atoms with Gasteiger partial charge in [-0.1, -0.05) is 13.0 Å². The summed E-state index contributed by atoms with van der Waals surface area (Å²) in [5, 5.41) is 7.79. The second-order valence-corrected chi connectivity index (χ2v) is 5.57. The fourth-order valence-corrected chi connectivity index (χ4v) is 2.58. The molecule has 2 atom stereocenters. The Balaban J connectivity index is 2.02. The number of anilines is 1. The third kappa shape index (κ3) is 4.00. The summed E-state index contributed by atoms with van der Waals surface area (Å²) >= 11 is 1.73. The van der Waals surface area contributed by atoms with E-state index in [9.17, 15) is 0 Å². The predicted molar refractivity (Wildman–Crippen MR) is 83.2 cm³/mol. The molecule has 1 N–H and O–H groups in total. The van der Waals surface area contributed by atoms with E-state index in [1.54, 1.807) is 11.3 Å². The SMILES string of the molecule is CCC(C)Oc1cccc(NC(C)c2ccsc2)c1. The van der Waals surface area contributed by atoms with E-state index >= 15 is 0 Å². The fourth-order valence-electron chi connectivity index (χ4n) is 1.83. The lowest BCUT2D eigenvalue weighted by Crippen LogP contribution is -2.10. The Hall–Kier alpha value is -1.48. The summed E-state index contributed by atoms with van der Waals surface area (Å²) in [5.74, 6) is 0.928. The van der Waals surface area contributed by atoms with Gasteiger partial charge in [-0.05, 0) is 54.8 Å². The van der Waals surface area contributed by atoms with Crippen LogP contribution in [0.2, 0.25) is 0 Å². The second kappa shape index (κ2) is 6.62. The summed E-state index contributed by atoms with van der Waals surface area (Å²) < 4.78 is 5.84. The second-order valence-electron chi connectivity index (χ2n) is 4.79. The molecule has 2 nitrogen and oxygen atoms in total. The smallest absolute Gasteiger partial charge is 0.121 e. The minimum atomic E-state index is 0.254. The molecule has 3 heteroatoms. The highest BCUT2D eigenvalue weighted by Crippen LogP contribution is 2.24. The average Bonchev–Trinajstić information content (AvgIpc) is 2.93. The van der Waals surface area contributed by atoms with Crippen LogP contribution in [0, 0.1) is 0 Å². The predicted octanol–water partition coefficient (Wildman–Crippen LogP) is 5.10. The maximum Gasteiger partial charge on any atom is 0.121 e. The highest BCUT2D eigenvalue weighted by Gasteiger charge is 2.07. The van der Waals surface area contributed by atoms with Gasteiger partial charge in [-0.3, -0.25) is 0 Å². The molecular weight excluding hydrogens is 254 g/mol. The van der Waals surface area contributed by atoms with Crippen molar-refractivity contribution in [1.29, 1.82) is 0 Å². The molecule has 0 bridgehead atoms. The van der Waals surface area contributed by atoms with E-state index in [1.807, 2.05) is 12.1 Å². The first-order valence-electron chi connectivity index (χ1n) is 6.74. The molecule has 1 aromatic heterocycles. The molecule has 1 aromatic carbocycles. The number of ether oxygens (including phenoxy) is 1. The Morgan fingerprint density at radius 1 is 1.26 bits per heavy atom. The summed E-state index contributed by atoms with van der Waals surface area (Å²) in [6.07, 6.45) is 1.27. The number of benzene rings is 1. The summed E-state index contributed by atoms with van der Waals surface area (Å²) in [6, 6.07) is 10.6. The van der Waals surface area contributed by atoms with Crippen LogP contribution in [0.25, 0.3) is 0 Å². The third-order valence-electron chi connectivity index (χ3n) is 3.17. The zero-order valence-corrected chi connectivity index (χ0v) is 12.5. The molecule has 2 rings (SSSR count). The first-order valence-corrected chi connectivity index (χ1v) is 7.68. The van der Waals surface area contributed by atoms with Crippen molar-refractivity contribution in [3.05, 3.63) is 46.7 Å². The normalized spacial score (nSPS) is 13.8. The van der Waals surface area contributed by atoms with Gasteiger partial charge >= 0.3 is 0 Å². The highest BCUT2D eigenvalue weighted by atomic mass is 32.1. The molecule has 1 heterocycles. The Morgan fingerprint density at radius 2 is 2.11 bits per heavy atom.